The topological polar surface area (TPSA) is 63.7 Å². The number of carbonyl (C=O) groups is 3. The Balaban J connectivity index is 1.52. The van der Waals surface area contributed by atoms with E-state index in [4.69, 9.17) is 4.74 Å². The Morgan fingerprint density at radius 3 is 2.21 bits per heavy atom. The number of esters is 1. The van der Waals surface area contributed by atoms with E-state index >= 15 is 0 Å². The summed E-state index contributed by atoms with van der Waals surface area (Å²) in [5, 5.41) is 0. The molecule has 0 aromatic heterocycles. The van der Waals surface area contributed by atoms with Crippen LogP contribution in [-0.2, 0) is 18.7 Å². The van der Waals surface area contributed by atoms with Crippen molar-refractivity contribution in [2.45, 2.75) is 17.2 Å². The summed E-state index contributed by atoms with van der Waals surface area (Å²) in [5.74, 6) is -2.26. The van der Waals surface area contributed by atoms with Crippen LogP contribution in [-0.4, -0.2) is 24.4 Å². The van der Waals surface area contributed by atoms with Gasteiger partial charge in [-0.2, -0.15) is 0 Å². The minimum Gasteiger partial charge on any atom is -0.462 e. The smallest absolute Gasteiger partial charge is 0.338 e. The van der Waals surface area contributed by atoms with Crippen LogP contribution in [0.1, 0.15) is 45.5 Å². The first kappa shape index (κ1) is 20.4. The quantitative estimate of drug-likeness (QED) is 0.294. The molecule has 4 aliphatic rings. The van der Waals surface area contributed by atoms with E-state index in [0.717, 1.165) is 22.3 Å². The number of hydrogen-bond acceptors (Lipinski definition) is 4. The van der Waals surface area contributed by atoms with Crippen LogP contribution in [0.25, 0.3) is 0 Å². The fraction of sp³-hybridized carbons (Fsp3) is 0.222. The molecule has 1 heterocycles. The van der Waals surface area contributed by atoms with Gasteiger partial charge in [-0.05, 0) is 47.4 Å². The van der Waals surface area contributed by atoms with Crippen molar-refractivity contribution in [1.29, 1.82) is 0 Å². The molecule has 5 nitrogen and oxygen atoms in total. The molecule has 0 N–H and O–H groups in total. The van der Waals surface area contributed by atoms with Crippen LogP contribution < -0.4 is 4.90 Å². The number of hydrogen-bond donors (Lipinski definition) is 0. The highest BCUT2D eigenvalue weighted by Gasteiger charge is 2.67. The molecule has 0 unspecified atom stereocenters. The van der Waals surface area contributed by atoms with E-state index in [2.05, 4.69) is 28.1 Å². The molecule has 33 heavy (non-hydrogen) atoms. The van der Waals surface area contributed by atoms with E-state index in [1.165, 1.54) is 4.90 Å². The molecule has 6 heteroatoms. The van der Waals surface area contributed by atoms with Gasteiger partial charge in [0.25, 0.3) is 0 Å². The molecule has 1 saturated heterocycles. The molecule has 3 aromatic rings. The number of nitrogens with zero attached hydrogens (tertiary/aromatic N) is 1. The van der Waals surface area contributed by atoms with Gasteiger partial charge in [0, 0.05) is 5.92 Å². The van der Waals surface area contributed by atoms with Crippen molar-refractivity contribution in [3.05, 3.63) is 101 Å². The summed E-state index contributed by atoms with van der Waals surface area (Å²) in [6.45, 7) is 1.99. The fourth-order valence-corrected chi connectivity index (χ4v) is 7.12. The van der Waals surface area contributed by atoms with E-state index in [0.29, 0.717) is 11.3 Å². The lowest BCUT2D eigenvalue weighted by Crippen LogP contribution is -2.50. The van der Waals surface area contributed by atoms with Crippen molar-refractivity contribution in [2.24, 2.45) is 11.8 Å². The second-order valence-corrected chi connectivity index (χ2v) is 9.90. The monoisotopic (exact) mass is 501 g/mol. The number of halogens is 1. The molecule has 2 bridgehead atoms. The Morgan fingerprint density at radius 2 is 1.58 bits per heavy atom. The van der Waals surface area contributed by atoms with Gasteiger partial charge in [-0.3, -0.25) is 9.59 Å². The van der Waals surface area contributed by atoms with Gasteiger partial charge in [0.1, 0.15) is 0 Å². The summed E-state index contributed by atoms with van der Waals surface area (Å²) >= 11 is 3.99. The van der Waals surface area contributed by atoms with Gasteiger partial charge >= 0.3 is 5.97 Å². The molecule has 2 atom stereocenters. The Labute approximate surface area is 199 Å². The van der Waals surface area contributed by atoms with E-state index in [-0.39, 0.29) is 24.3 Å². The number of alkyl halides is 1. The molecule has 0 spiro atoms. The summed E-state index contributed by atoms with van der Waals surface area (Å²) < 4.78 is 4.31. The third-order valence-electron chi connectivity index (χ3n) is 7.13. The van der Waals surface area contributed by atoms with Gasteiger partial charge in [-0.25, -0.2) is 9.69 Å². The van der Waals surface area contributed by atoms with Crippen molar-refractivity contribution < 1.29 is 19.1 Å². The lowest BCUT2D eigenvalue weighted by Gasteiger charge is -2.51. The number of ether oxygens (including phenoxy) is 1. The molecule has 3 aromatic carbocycles. The molecule has 3 aliphatic carbocycles. The standard InChI is InChI=1S/C27H20BrNO4/c1-2-33-26(32)15-8-7-9-16(14-15)29-24(30)22-21-17-10-3-5-12-19(17)27(28,23(22)25(29)31)20-13-6-4-11-18(20)21/h3-14,21-23H,2H2,1H3/t21?,22-,23+,27?/m1/s1. The number of anilines is 1. The van der Waals surface area contributed by atoms with Crippen molar-refractivity contribution in [1.82, 2.24) is 0 Å². The van der Waals surface area contributed by atoms with Gasteiger partial charge in [-0.1, -0.05) is 70.5 Å². The molecule has 1 fully saturated rings. The lowest BCUT2D eigenvalue weighted by atomic mass is 9.55. The van der Waals surface area contributed by atoms with Gasteiger partial charge in [0.05, 0.1) is 34.0 Å². The van der Waals surface area contributed by atoms with Crippen LogP contribution in [0.3, 0.4) is 0 Å². The van der Waals surface area contributed by atoms with Gasteiger partial charge in [-0.15, -0.1) is 0 Å². The summed E-state index contributed by atoms with van der Waals surface area (Å²) in [4.78, 5) is 41.3. The molecule has 1 aliphatic heterocycles. The van der Waals surface area contributed by atoms with Crippen molar-refractivity contribution >= 4 is 39.4 Å². The van der Waals surface area contributed by atoms with Gasteiger partial charge in [0.2, 0.25) is 11.8 Å². The zero-order chi connectivity index (χ0) is 22.9. The van der Waals surface area contributed by atoms with Crippen LogP contribution in [0.5, 0.6) is 0 Å². The summed E-state index contributed by atoms with van der Waals surface area (Å²) in [6, 6.07) is 22.7. The number of benzene rings is 3. The predicted molar refractivity (Wildman–Crippen MR) is 126 cm³/mol. The van der Waals surface area contributed by atoms with Crippen molar-refractivity contribution in [3.63, 3.8) is 0 Å². The van der Waals surface area contributed by atoms with Crippen LogP contribution in [0.2, 0.25) is 0 Å². The SMILES string of the molecule is CCOC(=O)c1cccc(N2C(=O)[C@@H]3C4c5ccccc5C(Br)(c5ccccc54)[C@@H]3C2=O)c1. The second kappa shape index (κ2) is 7.12. The lowest BCUT2D eigenvalue weighted by molar-refractivity contribution is -0.122. The summed E-state index contributed by atoms with van der Waals surface area (Å²) in [6.07, 6.45) is 0. The van der Waals surface area contributed by atoms with Crippen LogP contribution in [0.15, 0.2) is 72.8 Å². The van der Waals surface area contributed by atoms with E-state index < -0.39 is 22.1 Å². The van der Waals surface area contributed by atoms with Gasteiger partial charge < -0.3 is 4.74 Å². The zero-order valence-electron chi connectivity index (χ0n) is 17.8. The van der Waals surface area contributed by atoms with Crippen molar-refractivity contribution in [3.8, 4) is 0 Å². The van der Waals surface area contributed by atoms with E-state index in [9.17, 15) is 14.4 Å². The number of amides is 2. The van der Waals surface area contributed by atoms with Gasteiger partial charge in [0.15, 0.2) is 0 Å². The van der Waals surface area contributed by atoms with Crippen molar-refractivity contribution in [2.75, 3.05) is 11.5 Å². The Kier molecular flexibility index (Phi) is 4.40. The number of rotatable bonds is 3. The minimum atomic E-state index is -0.792. The highest BCUT2D eigenvalue weighted by molar-refractivity contribution is 9.09. The minimum absolute atomic E-state index is 0.198. The fourth-order valence-electron chi connectivity index (χ4n) is 5.92. The molecular weight excluding hydrogens is 482 g/mol. The Morgan fingerprint density at radius 1 is 0.939 bits per heavy atom. The third-order valence-corrected chi connectivity index (χ3v) is 8.48. The average molecular weight is 502 g/mol. The first-order valence-electron chi connectivity index (χ1n) is 11.0. The molecular formula is C27H20BrNO4. The summed E-state index contributed by atoms with van der Waals surface area (Å²) in [7, 11) is 0. The zero-order valence-corrected chi connectivity index (χ0v) is 19.4. The summed E-state index contributed by atoms with van der Waals surface area (Å²) in [5.41, 5.74) is 4.95. The maximum absolute atomic E-state index is 13.9. The molecule has 2 amide bonds. The van der Waals surface area contributed by atoms with E-state index in [1.54, 1.807) is 31.2 Å². The molecule has 164 valence electrons. The normalized spacial score (nSPS) is 26.6. The highest BCUT2D eigenvalue weighted by atomic mass is 79.9. The average Bonchev–Trinajstić information content (AvgIpc) is 3.11. The maximum Gasteiger partial charge on any atom is 0.338 e. The number of imide groups is 1. The highest BCUT2D eigenvalue weighted by Crippen LogP contribution is 2.66. The molecule has 0 radical (unpaired) electrons. The molecule has 7 rings (SSSR count). The maximum atomic E-state index is 13.9. The Hall–Kier alpha value is -3.25. The second-order valence-electron chi connectivity index (χ2n) is 8.65. The third kappa shape index (κ3) is 2.55. The van der Waals surface area contributed by atoms with E-state index in [1.807, 2.05) is 36.4 Å². The first-order chi connectivity index (χ1) is 16.0. The first-order valence-corrected chi connectivity index (χ1v) is 11.8. The van der Waals surface area contributed by atoms with Crippen LogP contribution in [0, 0.1) is 11.8 Å². The largest absolute Gasteiger partial charge is 0.462 e. The predicted octanol–water partition coefficient (Wildman–Crippen LogP) is 4.77. The van der Waals surface area contributed by atoms with Crippen LogP contribution >= 0.6 is 15.9 Å². The molecule has 0 saturated carbocycles. The van der Waals surface area contributed by atoms with Crippen LogP contribution in [0.4, 0.5) is 5.69 Å². The Bertz CT molecular complexity index is 1300. The number of carbonyl (C=O) groups excluding carboxylic acids is 3.